The van der Waals surface area contributed by atoms with E-state index in [0.717, 1.165) is 78.4 Å². The number of halogens is 2. The van der Waals surface area contributed by atoms with Gasteiger partial charge in [0.2, 0.25) is 5.91 Å². The number of ketones is 1. The lowest BCUT2D eigenvalue weighted by atomic mass is 9.90. The number of nitrogens with zero attached hydrogens (tertiary/aromatic N) is 6. The second-order valence-corrected chi connectivity index (χ2v) is 15.2. The third kappa shape index (κ3) is 7.54. The van der Waals surface area contributed by atoms with Crippen molar-refractivity contribution in [2.45, 2.75) is 45.7 Å². The van der Waals surface area contributed by atoms with Crippen LogP contribution in [0.4, 0.5) is 0 Å². The SMILES string of the molecule is CC(=O)C[C@@H]1N=C(c2ccc(Cl)cc2)c2cc(-c3cnn(C)c3)ccc2-c2c(C)noc21.Cc1noc2c1-c1ccccc1C(c1ccc(Cl)cc1)=N[C@H]2CC(N)=O. The maximum atomic E-state index is 12.1. The van der Waals surface area contributed by atoms with Gasteiger partial charge in [0.05, 0.1) is 46.6 Å². The highest BCUT2D eigenvalue weighted by Crippen LogP contribution is 2.43. The van der Waals surface area contributed by atoms with E-state index in [2.05, 4.69) is 33.6 Å². The molecule has 0 saturated heterocycles. The van der Waals surface area contributed by atoms with Gasteiger partial charge in [-0.15, -0.1) is 0 Å². The molecule has 0 radical (unpaired) electrons. The molecule has 7 aromatic rings. The number of amides is 1. The van der Waals surface area contributed by atoms with Crippen molar-refractivity contribution in [1.29, 1.82) is 0 Å². The third-order valence-corrected chi connectivity index (χ3v) is 10.6. The van der Waals surface area contributed by atoms with Crippen molar-refractivity contribution in [3.05, 3.63) is 159 Å². The fraction of sp³-hybridized carbons (Fsp3) is 0.178. The fourth-order valence-electron chi connectivity index (χ4n) is 7.48. The summed E-state index contributed by atoms with van der Waals surface area (Å²) in [5.41, 5.74) is 18.1. The normalized spacial score (nSPS) is 15.3. The number of benzene rings is 4. The average molecular weight is 811 g/mol. The van der Waals surface area contributed by atoms with Crippen LogP contribution in [0.25, 0.3) is 33.4 Å². The quantitative estimate of drug-likeness (QED) is 0.168. The minimum absolute atomic E-state index is 0.0382. The number of carbonyl (C=O) groups is 2. The van der Waals surface area contributed by atoms with Gasteiger partial charge in [0, 0.05) is 57.5 Å². The van der Waals surface area contributed by atoms with Crippen LogP contribution in [-0.4, -0.2) is 43.2 Å². The first-order chi connectivity index (χ1) is 27.9. The molecule has 9 rings (SSSR count). The Morgan fingerprint density at radius 2 is 1.17 bits per heavy atom. The number of hydrogen-bond donors (Lipinski definition) is 1. The Morgan fingerprint density at radius 1 is 0.672 bits per heavy atom. The van der Waals surface area contributed by atoms with Crippen molar-refractivity contribution >= 4 is 46.3 Å². The van der Waals surface area contributed by atoms with Gasteiger partial charge in [-0.25, -0.2) is 0 Å². The summed E-state index contributed by atoms with van der Waals surface area (Å²) in [4.78, 5) is 33.6. The van der Waals surface area contributed by atoms with E-state index in [0.29, 0.717) is 21.6 Å². The molecule has 4 aromatic carbocycles. The predicted molar refractivity (Wildman–Crippen MR) is 224 cm³/mol. The van der Waals surface area contributed by atoms with Gasteiger partial charge in [-0.3, -0.25) is 24.3 Å². The second-order valence-electron chi connectivity index (χ2n) is 14.3. The van der Waals surface area contributed by atoms with Gasteiger partial charge in [0.1, 0.15) is 17.9 Å². The van der Waals surface area contributed by atoms with E-state index in [1.165, 1.54) is 0 Å². The van der Waals surface area contributed by atoms with Gasteiger partial charge < -0.3 is 14.8 Å². The molecule has 0 aliphatic carbocycles. The number of carbonyl (C=O) groups excluding carboxylic acids is 2. The smallest absolute Gasteiger partial charge is 0.220 e. The van der Waals surface area contributed by atoms with Crippen LogP contribution in [0.1, 0.15) is 77.0 Å². The highest BCUT2D eigenvalue weighted by molar-refractivity contribution is 6.31. The van der Waals surface area contributed by atoms with Crippen molar-refractivity contribution in [2.75, 3.05) is 0 Å². The van der Waals surface area contributed by atoms with Crippen LogP contribution >= 0.6 is 23.2 Å². The summed E-state index contributed by atoms with van der Waals surface area (Å²) in [5, 5.41) is 13.9. The highest BCUT2D eigenvalue weighted by Gasteiger charge is 2.33. The van der Waals surface area contributed by atoms with Gasteiger partial charge in [-0.2, -0.15) is 5.10 Å². The molecule has 11 nitrogen and oxygen atoms in total. The largest absolute Gasteiger partial charge is 0.370 e. The summed E-state index contributed by atoms with van der Waals surface area (Å²) >= 11 is 12.2. The van der Waals surface area contributed by atoms with Gasteiger partial charge in [-0.05, 0) is 67.8 Å². The Kier molecular flexibility index (Phi) is 10.5. The van der Waals surface area contributed by atoms with Crippen molar-refractivity contribution in [3.63, 3.8) is 0 Å². The van der Waals surface area contributed by atoms with Gasteiger partial charge in [-0.1, -0.05) is 94.2 Å². The van der Waals surface area contributed by atoms with Crippen molar-refractivity contribution in [2.24, 2.45) is 22.8 Å². The van der Waals surface area contributed by atoms with Crippen molar-refractivity contribution in [3.8, 4) is 33.4 Å². The van der Waals surface area contributed by atoms with Crippen LogP contribution in [0.15, 0.2) is 122 Å². The van der Waals surface area contributed by atoms with E-state index in [1.54, 1.807) is 11.6 Å². The molecule has 58 heavy (non-hydrogen) atoms. The summed E-state index contributed by atoms with van der Waals surface area (Å²) in [6.45, 7) is 5.37. The number of aromatic nitrogens is 4. The first kappa shape index (κ1) is 38.4. The Hall–Kier alpha value is -6.43. The number of primary amides is 1. The Labute approximate surface area is 344 Å². The number of nitrogens with two attached hydrogens (primary N) is 1. The highest BCUT2D eigenvalue weighted by atomic mass is 35.5. The lowest BCUT2D eigenvalue weighted by molar-refractivity contribution is -0.118. The molecule has 290 valence electrons. The topological polar surface area (TPSA) is 155 Å². The zero-order chi connectivity index (χ0) is 40.7. The van der Waals surface area contributed by atoms with Crippen molar-refractivity contribution < 1.29 is 18.6 Å². The molecule has 5 heterocycles. The number of aryl methyl sites for hydroxylation is 3. The summed E-state index contributed by atoms with van der Waals surface area (Å²) < 4.78 is 13.0. The Morgan fingerprint density at radius 3 is 1.69 bits per heavy atom. The molecule has 3 aromatic heterocycles. The number of aliphatic imine (C=N–C) groups is 2. The Bertz CT molecular complexity index is 2760. The second kappa shape index (κ2) is 15.8. The monoisotopic (exact) mass is 809 g/mol. The molecule has 0 saturated carbocycles. The summed E-state index contributed by atoms with van der Waals surface area (Å²) in [7, 11) is 1.90. The maximum absolute atomic E-state index is 12.1. The molecule has 2 N–H and O–H groups in total. The summed E-state index contributed by atoms with van der Waals surface area (Å²) in [5.74, 6) is 0.783. The number of Topliss-reactive ketones (excluding diaryl/α,β-unsaturated/α-hetero) is 1. The molecule has 2 aliphatic heterocycles. The van der Waals surface area contributed by atoms with Crippen LogP contribution in [0, 0.1) is 13.8 Å². The van der Waals surface area contributed by atoms with Crippen LogP contribution in [0.5, 0.6) is 0 Å². The number of rotatable bonds is 7. The average Bonchev–Trinajstić information content (AvgIpc) is 3.88. The zero-order valence-electron chi connectivity index (χ0n) is 32.0. The van der Waals surface area contributed by atoms with E-state index in [1.807, 2.05) is 106 Å². The Balaban J connectivity index is 0.000000165. The van der Waals surface area contributed by atoms with Crippen LogP contribution in [0.3, 0.4) is 0 Å². The van der Waals surface area contributed by atoms with Gasteiger partial charge in [0.25, 0.3) is 0 Å². The van der Waals surface area contributed by atoms with E-state index in [-0.39, 0.29) is 18.6 Å². The number of hydrogen-bond acceptors (Lipinski definition) is 9. The minimum atomic E-state index is -0.526. The molecule has 0 bridgehead atoms. The first-order valence-corrected chi connectivity index (χ1v) is 19.3. The van der Waals surface area contributed by atoms with E-state index < -0.39 is 18.0 Å². The molecule has 1 amide bonds. The molecule has 0 unspecified atom stereocenters. The van der Waals surface area contributed by atoms with Gasteiger partial charge >= 0.3 is 0 Å². The van der Waals surface area contributed by atoms with Crippen LogP contribution < -0.4 is 5.73 Å². The lowest BCUT2D eigenvalue weighted by Crippen LogP contribution is -2.15. The molecule has 2 aliphatic rings. The predicted octanol–water partition coefficient (Wildman–Crippen LogP) is 9.65. The molecule has 0 spiro atoms. The fourth-order valence-corrected chi connectivity index (χ4v) is 7.74. The van der Waals surface area contributed by atoms with E-state index in [4.69, 9.17) is 48.0 Å². The summed E-state index contributed by atoms with van der Waals surface area (Å²) in [6, 6.07) is 28.3. The molecular weight excluding hydrogens is 773 g/mol. The van der Waals surface area contributed by atoms with E-state index >= 15 is 0 Å². The molecule has 0 fully saturated rings. The van der Waals surface area contributed by atoms with E-state index in [9.17, 15) is 9.59 Å². The molecular formula is C45H37Cl2N7O4. The third-order valence-electron chi connectivity index (χ3n) is 10.1. The first-order valence-electron chi connectivity index (χ1n) is 18.6. The zero-order valence-corrected chi connectivity index (χ0v) is 33.5. The summed E-state index contributed by atoms with van der Waals surface area (Å²) in [6.07, 6.45) is 4.10. The molecule has 13 heteroatoms. The van der Waals surface area contributed by atoms with Crippen molar-refractivity contribution in [1.82, 2.24) is 20.1 Å². The lowest BCUT2D eigenvalue weighted by Gasteiger charge is -2.13. The maximum Gasteiger partial charge on any atom is 0.220 e. The van der Waals surface area contributed by atoms with Crippen LogP contribution in [0.2, 0.25) is 10.0 Å². The molecule has 2 atom stereocenters. The standard InChI is InChI=1S/C25H21ClN4O2.C20H16ClN3O2/c1-14(31)10-22-25-23(15(2)29-32-25)20-9-6-17(18-12-27-30(3)13-18)11-21(20)24(28-22)16-4-7-19(26)8-5-16;1-11-18-14-4-2-3-5-15(14)19(12-6-8-13(21)9-7-12)23-16(10-17(22)25)20(18)26-24-11/h4-9,11-13,22H,10H2,1-3H3;2-9,16H,10H2,1H3,(H2,22,25)/t22-;16-/m00/s1. The minimum Gasteiger partial charge on any atom is -0.370 e. The van der Waals surface area contributed by atoms with Gasteiger partial charge in [0.15, 0.2) is 11.5 Å². The number of fused-ring (bicyclic) bond motifs is 6. The van der Waals surface area contributed by atoms with Crippen LogP contribution in [-0.2, 0) is 16.6 Å².